The molecule has 0 saturated carbocycles. The van der Waals surface area contributed by atoms with Crippen LogP contribution < -0.4 is 0 Å². The second kappa shape index (κ2) is 22.5. The number of methoxy groups -OCH3 is 1. The first-order chi connectivity index (χ1) is 19.3. The van der Waals surface area contributed by atoms with Crippen LogP contribution in [0.4, 0.5) is 0 Å². The summed E-state index contributed by atoms with van der Waals surface area (Å²) >= 11 is 0. The summed E-state index contributed by atoms with van der Waals surface area (Å²) in [6.07, 6.45) is 24.8. The summed E-state index contributed by atoms with van der Waals surface area (Å²) in [4.78, 5) is 3.98. The molecule has 0 N–H and O–H groups in total. The lowest BCUT2D eigenvalue weighted by Crippen LogP contribution is -2.25. The zero-order chi connectivity index (χ0) is 27.8. The number of benzene rings is 1. The van der Waals surface area contributed by atoms with Gasteiger partial charge in [0.1, 0.15) is 24.8 Å². The molecule has 1 atom stereocenters. The summed E-state index contributed by atoms with van der Waals surface area (Å²) in [6, 6.07) is 7.80. The largest absolute Gasteiger partial charge is 0.382 e. The average molecular weight is 541 g/mol. The van der Waals surface area contributed by atoms with E-state index in [0.717, 1.165) is 18.6 Å². The van der Waals surface area contributed by atoms with Gasteiger partial charge in [-0.05, 0) is 24.1 Å². The van der Waals surface area contributed by atoms with E-state index in [1.165, 1.54) is 103 Å². The van der Waals surface area contributed by atoms with Crippen molar-refractivity contribution in [3.8, 4) is 11.8 Å². The monoisotopic (exact) mass is 540 g/mol. The minimum atomic E-state index is -0.137. The predicted molar refractivity (Wildman–Crippen MR) is 157 cm³/mol. The number of hydrogen-bond donors (Lipinski definition) is 0. The van der Waals surface area contributed by atoms with Crippen LogP contribution in [0.3, 0.4) is 0 Å². The molecule has 0 aliphatic rings. The van der Waals surface area contributed by atoms with Gasteiger partial charge in [-0.15, -0.1) is 0 Å². The number of ether oxygens (including phenoxy) is 3. The van der Waals surface area contributed by atoms with Crippen LogP contribution in [-0.2, 0) is 20.8 Å². The topological polar surface area (TPSA) is 82.2 Å². The minimum absolute atomic E-state index is 0.137. The number of unbranched alkanes of at least 4 members (excludes halogenated alkanes) is 15. The fourth-order valence-corrected chi connectivity index (χ4v) is 4.80. The quantitative estimate of drug-likeness (QED) is 0.119. The van der Waals surface area contributed by atoms with Gasteiger partial charge in [-0.1, -0.05) is 109 Å². The molecular formula is C32H52N4O3. The van der Waals surface area contributed by atoms with E-state index in [1.807, 2.05) is 12.1 Å². The Balaban J connectivity index is 1.47. The molecule has 0 radical (unpaired) electrons. The minimum Gasteiger partial charge on any atom is -0.382 e. The molecule has 0 amide bonds. The van der Waals surface area contributed by atoms with Gasteiger partial charge in [-0.25, -0.2) is 9.67 Å². The third-order valence-corrected chi connectivity index (χ3v) is 7.13. The Morgan fingerprint density at radius 3 is 2.00 bits per heavy atom. The standard InChI is InChI=1S/C32H52N4O3/c1-3-4-5-6-7-8-9-10-11-12-13-14-15-16-17-18-21-38-26-31(25-37-2)39-24-29-19-20-30(23-33)32(22-29)36-28-34-27-35-36/h19-20,22,27-28,31H,3-18,21,24-26H2,1-2H3/t31-/m0/s1. The Bertz CT molecular complexity index is 882. The lowest BCUT2D eigenvalue weighted by molar-refractivity contribution is -0.0587. The van der Waals surface area contributed by atoms with Crippen LogP contribution >= 0.6 is 0 Å². The predicted octanol–water partition coefficient (Wildman–Crippen LogP) is 7.95. The van der Waals surface area contributed by atoms with Crippen LogP contribution in [0.15, 0.2) is 30.9 Å². The normalized spacial score (nSPS) is 12.0. The van der Waals surface area contributed by atoms with Crippen LogP contribution in [0.2, 0.25) is 0 Å². The number of hydrogen-bond acceptors (Lipinski definition) is 6. The molecule has 0 saturated heterocycles. The Labute approximate surface area is 237 Å². The van der Waals surface area contributed by atoms with E-state index in [1.54, 1.807) is 24.2 Å². The van der Waals surface area contributed by atoms with E-state index in [9.17, 15) is 5.26 Å². The SMILES string of the molecule is CCCCCCCCCCCCCCCCCCOC[C@H](COC)OCc1ccc(C#N)c(-n2cncn2)c1. The highest BCUT2D eigenvalue weighted by Crippen LogP contribution is 2.17. The molecule has 1 aromatic carbocycles. The summed E-state index contributed by atoms with van der Waals surface area (Å²) in [6.45, 7) is 4.44. The molecule has 0 aliphatic heterocycles. The molecule has 7 heteroatoms. The maximum absolute atomic E-state index is 9.40. The van der Waals surface area contributed by atoms with E-state index in [4.69, 9.17) is 14.2 Å². The molecule has 0 unspecified atom stereocenters. The van der Waals surface area contributed by atoms with Gasteiger partial charge in [0, 0.05) is 13.7 Å². The van der Waals surface area contributed by atoms with Gasteiger partial charge in [0.25, 0.3) is 0 Å². The molecule has 0 spiro atoms. The summed E-state index contributed by atoms with van der Waals surface area (Å²) in [7, 11) is 1.68. The average Bonchev–Trinajstić information content (AvgIpc) is 3.50. The van der Waals surface area contributed by atoms with Crippen molar-refractivity contribution in [1.82, 2.24) is 14.8 Å². The molecule has 218 valence electrons. The van der Waals surface area contributed by atoms with Gasteiger partial charge >= 0.3 is 0 Å². The number of aromatic nitrogens is 3. The van der Waals surface area contributed by atoms with Gasteiger partial charge < -0.3 is 14.2 Å². The van der Waals surface area contributed by atoms with Crippen molar-refractivity contribution in [3.63, 3.8) is 0 Å². The highest BCUT2D eigenvalue weighted by atomic mass is 16.6. The van der Waals surface area contributed by atoms with E-state index >= 15 is 0 Å². The van der Waals surface area contributed by atoms with Crippen LogP contribution in [-0.4, -0.2) is 47.8 Å². The van der Waals surface area contributed by atoms with Crippen molar-refractivity contribution in [3.05, 3.63) is 42.0 Å². The first kappa shape index (κ1) is 32.9. The van der Waals surface area contributed by atoms with Crippen molar-refractivity contribution in [1.29, 1.82) is 5.26 Å². The van der Waals surface area contributed by atoms with E-state index in [-0.39, 0.29) is 6.10 Å². The highest BCUT2D eigenvalue weighted by molar-refractivity contribution is 5.49. The van der Waals surface area contributed by atoms with Crippen LogP contribution in [0.25, 0.3) is 5.69 Å². The first-order valence-electron chi connectivity index (χ1n) is 15.3. The van der Waals surface area contributed by atoms with Gasteiger partial charge in [-0.2, -0.15) is 10.4 Å². The van der Waals surface area contributed by atoms with Crippen molar-refractivity contribution < 1.29 is 14.2 Å². The summed E-state index contributed by atoms with van der Waals surface area (Å²) in [5.74, 6) is 0. The first-order valence-corrected chi connectivity index (χ1v) is 15.3. The van der Waals surface area contributed by atoms with Crippen molar-refractivity contribution in [2.75, 3.05) is 26.9 Å². The Morgan fingerprint density at radius 2 is 1.46 bits per heavy atom. The van der Waals surface area contributed by atoms with E-state index in [0.29, 0.717) is 31.1 Å². The smallest absolute Gasteiger partial charge is 0.138 e. The van der Waals surface area contributed by atoms with E-state index in [2.05, 4.69) is 23.1 Å². The Kier molecular flexibility index (Phi) is 19.0. The molecule has 1 aromatic heterocycles. The molecule has 7 nitrogen and oxygen atoms in total. The van der Waals surface area contributed by atoms with Gasteiger partial charge in [0.2, 0.25) is 0 Å². The van der Waals surface area contributed by atoms with Gasteiger partial charge in [0.15, 0.2) is 0 Å². The molecule has 1 heterocycles. The fourth-order valence-electron chi connectivity index (χ4n) is 4.80. The molecular weight excluding hydrogens is 488 g/mol. The zero-order valence-corrected chi connectivity index (χ0v) is 24.6. The number of nitriles is 1. The van der Waals surface area contributed by atoms with E-state index < -0.39 is 0 Å². The maximum atomic E-state index is 9.40. The van der Waals surface area contributed by atoms with Crippen molar-refractivity contribution in [2.45, 2.75) is 122 Å². The second-order valence-electron chi connectivity index (χ2n) is 10.6. The lowest BCUT2D eigenvalue weighted by atomic mass is 10.0. The molecule has 0 aliphatic carbocycles. The number of rotatable bonds is 25. The molecule has 2 aromatic rings. The Hall–Kier alpha value is -2.27. The molecule has 2 rings (SSSR count). The Morgan fingerprint density at radius 1 is 0.846 bits per heavy atom. The van der Waals surface area contributed by atoms with Gasteiger partial charge in [0.05, 0.1) is 31.1 Å². The third-order valence-electron chi connectivity index (χ3n) is 7.13. The summed E-state index contributed by atoms with van der Waals surface area (Å²) in [5, 5.41) is 13.5. The molecule has 39 heavy (non-hydrogen) atoms. The molecule has 0 bridgehead atoms. The second-order valence-corrected chi connectivity index (χ2v) is 10.6. The highest BCUT2D eigenvalue weighted by Gasteiger charge is 2.12. The van der Waals surface area contributed by atoms with Crippen molar-refractivity contribution >= 4 is 0 Å². The van der Waals surface area contributed by atoms with Crippen LogP contribution in [0, 0.1) is 11.3 Å². The lowest BCUT2D eigenvalue weighted by Gasteiger charge is -2.18. The number of nitrogens with zero attached hydrogens (tertiary/aromatic N) is 4. The van der Waals surface area contributed by atoms with Gasteiger partial charge in [-0.3, -0.25) is 0 Å². The summed E-state index contributed by atoms with van der Waals surface area (Å²) < 4.78 is 18.9. The maximum Gasteiger partial charge on any atom is 0.138 e. The van der Waals surface area contributed by atoms with Crippen LogP contribution in [0.5, 0.6) is 0 Å². The fraction of sp³-hybridized carbons (Fsp3) is 0.719. The zero-order valence-electron chi connectivity index (χ0n) is 24.6. The molecule has 0 fully saturated rings. The van der Waals surface area contributed by atoms with Crippen molar-refractivity contribution in [2.24, 2.45) is 0 Å². The third kappa shape index (κ3) is 15.2. The summed E-state index contributed by atoms with van der Waals surface area (Å²) in [5.41, 5.74) is 2.19. The van der Waals surface area contributed by atoms with Crippen LogP contribution in [0.1, 0.15) is 121 Å².